The van der Waals surface area contributed by atoms with Crippen LogP contribution in [0.2, 0.25) is 0 Å². The molecule has 1 heterocycles. The van der Waals surface area contributed by atoms with Crippen LogP contribution in [0.1, 0.15) is 17.3 Å². The molecule has 3 amide bonds. The normalized spacial score (nSPS) is 15.8. The van der Waals surface area contributed by atoms with Crippen molar-refractivity contribution in [3.05, 3.63) is 53.8 Å². The molecular formula is C21H23FN4O4. The minimum Gasteiger partial charge on any atom is -0.442 e. The van der Waals surface area contributed by atoms with Gasteiger partial charge in [-0.2, -0.15) is 0 Å². The van der Waals surface area contributed by atoms with Gasteiger partial charge in [-0.05, 0) is 35.9 Å². The summed E-state index contributed by atoms with van der Waals surface area (Å²) in [6.07, 6.45) is -1.08. The molecule has 158 valence electrons. The third kappa shape index (κ3) is 4.93. The number of amides is 3. The van der Waals surface area contributed by atoms with E-state index in [1.54, 1.807) is 55.5 Å². The van der Waals surface area contributed by atoms with E-state index in [9.17, 15) is 18.8 Å². The van der Waals surface area contributed by atoms with Gasteiger partial charge in [-0.15, -0.1) is 0 Å². The van der Waals surface area contributed by atoms with Gasteiger partial charge in [0, 0.05) is 32.1 Å². The van der Waals surface area contributed by atoms with E-state index < -0.39 is 18.0 Å². The Kier molecular flexibility index (Phi) is 6.31. The van der Waals surface area contributed by atoms with E-state index in [2.05, 4.69) is 10.7 Å². The van der Waals surface area contributed by atoms with Gasteiger partial charge in [0.2, 0.25) is 5.91 Å². The molecule has 1 aliphatic heterocycles. The fourth-order valence-corrected chi connectivity index (χ4v) is 3.07. The van der Waals surface area contributed by atoms with Gasteiger partial charge in [0.05, 0.1) is 18.8 Å². The highest BCUT2D eigenvalue weighted by Gasteiger charge is 2.32. The van der Waals surface area contributed by atoms with E-state index in [-0.39, 0.29) is 24.9 Å². The molecule has 2 aromatic carbocycles. The number of nitrogens with one attached hydrogen (secondary N) is 2. The Morgan fingerprint density at radius 2 is 1.90 bits per heavy atom. The molecule has 0 radical (unpaired) electrons. The molecule has 9 heteroatoms. The highest BCUT2D eigenvalue weighted by molar-refractivity contribution is 5.94. The van der Waals surface area contributed by atoms with Crippen LogP contribution in [0.4, 0.5) is 14.9 Å². The van der Waals surface area contributed by atoms with Gasteiger partial charge in [0.25, 0.3) is 5.91 Å². The zero-order valence-electron chi connectivity index (χ0n) is 16.9. The second-order valence-electron chi connectivity index (χ2n) is 7.13. The van der Waals surface area contributed by atoms with E-state index >= 15 is 0 Å². The third-order valence-electron chi connectivity index (χ3n) is 4.50. The van der Waals surface area contributed by atoms with Crippen molar-refractivity contribution in [1.29, 1.82) is 0 Å². The quantitative estimate of drug-likeness (QED) is 0.707. The number of cyclic esters (lactones) is 1. The van der Waals surface area contributed by atoms with E-state index in [0.29, 0.717) is 22.4 Å². The van der Waals surface area contributed by atoms with Crippen LogP contribution in [0.15, 0.2) is 42.5 Å². The SMILES string of the molecule is CC(=O)NCC1CN(c2ccc(-c3ccc(C(=O)NN(C)C)cc3)c(F)c2)C(=O)O1. The van der Waals surface area contributed by atoms with Crippen molar-refractivity contribution in [3.63, 3.8) is 0 Å². The Labute approximate surface area is 173 Å². The van der Waals surface area contributed by atoms with Gasteiger partial charge in [-0.3, -0.25) is 19.9 Å². The highest BCUT2D eigenvalue weighted by Crippen LogP contribution is 2.29. The Bertz CT molecular complexity index is 962. The number of anilines is 1. The van der Waals surface area contributed by atoms with Gasteiger partial charge in [-0.25, -0.2) is 14.2 Å². The van der Waals surface area contributed by atoms with Crippen molar-refractivity contribution in [2.75, 3.05) is 32.1 Å². The number of hydrazine groups is 1. The van der Waals surface area contributed by atoms with Crippen LogP contribution in [-0.4, -0.2) is 56.2 Å². The van der Waals surface area contributed by atoms with Crippen LogP contribution in [-0.2, 0) is 9.53 Å². The summed E-state index contributed by atoms with van der Waals surface area (Å²) in [6, 6.07) is 11.0. The first-order valence-electron chi connectivity index (χ1n) is 9.35. The second-order valence-corrected chi connectivity index (χ2v) is 7.13. The van der Waals surface area contributed by atoms with Gasteiger partial charge >= 0.3 is 6.09 Å². The number of nitrogens with zero attached hydrogens (tertiary/aromatic N) is 2. The van der Waals surface area contributed by atoms with Crippen molar-refractivity contribution >= 4 is 23.6 Å². The summed E-state index contributed by atoms with van der Waals surface area (Å²) < 4.78 is 20.0. The number of hydrogen-bond donors (Lipinski definition) is 2. The molecule has 1 fully saturated rings. The van der Waals surface area contributed by atoms with Gasteiger partial charge in [0.15, 0.2) is 0 Å². The molecule has 1 aliphatic rings. The summed E-state index contributed by atoms with van der Waals surface area (Å²) >= 11 is 0. The standard InChI is InChI=1S/C21H23FN4O4/c1-13(27)23-11-17-12-26(21(29)30-17)16-8-9-18(19(22)10-16)14-4-6-15(7-5-14)20(28)24-25(2)3/h4-10,17H,11-12H2,1-3H3,(H,23,27)(H,24,28). The number of ether oxygens (including phenoxy) is 1. The van der Waals surface area contributed by atoms with Crippen molar-refractivity contribution in [3.8, 4) is 11.1 Å². The predicted octanol–water partition coefficient (Wildman–Crippen LogP) is 2.16. The zero-order chi connectivity index (χ0) is 21.8. The minimum atomic E-state index is -0.589. The molecule has 8 nitrogen and oxygen atoms in total. The van der Waals surface area contributed by atoms with Crippen LogP contribution in [0.25, 0.3) is 11.1 Å². The maximum absolute atomic E-state index is 14.8. The molecule has 30 heavy (non-hydrogen) atoms. The van der Waals surface area contributed by atoms with E-state index in [1.165, 1.54) is 17.9 Å². The van der Waals surface area contributed by atoms with Gasteiger partial charge in [0.1, 0.15) is 11.9 Å². The van der Waals surface area contributed by atoms with E-state index in [1.807, 2.05) is 0 Å². The van der Waals surface area contributed by atoms with E-state index in [4.69, 9.17) is 4.74 Å². The molecule has 1 unspecified atom stereocenters. The molecule has 1 saturated heterocycles. The van der Waals surface area contributed by atoms with Crippen LogP contribution in [0.5, 0.6) is 0 Å². The fraction of sp³-hybridized carbons (Fsp3) is 0.286. The van der Waals surface area contributed by atoms with Crippen molar-refractivity contribution in [1.82, 2.24) is 15.8 Å². The lowest BCUT2D eigenvalue weighted by Gasteiger charge is -2.15. The summed E-state index contributed by atoms with van der Waals surface area (Å²) in [6.45, 7) is 1.79. The molecule has 0 bridgehead atoms. The lowest BCUT2D eigenvalue weighted by molar-refractivity contribution is -0.119. The number of carbonyl (C=O) groups is 3. The predicted molar refractivity (Wildman–Crippen MR) is 109 cm³/mol. The minimum absolute atomic E-state index is 0.200. The molecule has 0 aromatic heterocycles. The van der Waals surface area contributed by atoms with Crippen molar-refractivity contribution in [2.45, 2.75) is 13.0 Å². The fourth-order valence-electron chi connectivity index (χ4n) is 3.07. The maximum Gasteiger partial charge on any atom is 0.414 e. The van der Waals surface area contributed by atoms with Crippen LogP contribution >= 0.6 is 0 Å². The smallest absolute Gasteiger partial charge is 0.414 e. The average Bonchev–Trinajstić information content (AvgIpc) is 3.06. The van der Waals surface area contributed by atoms with Crippen molar-refractivity contribution in [2.24, 2.45) is 0 Å². The monoisotopic (exact) mass is 414 g/mol. The molecule has 3 rings (SSSR count). The molecule has 2 N–H and O–H groups in total. The Morgan fingerprint density at radius 3 is 2.50 bits per heavy atom. The average molecular weight is 414 g/mol. The van der Waals surface area contributed by atoms with Gasteiger partial charge < -0.3 is 10.1 Å². The molecular weight excluding hydrogens is 391 g/mol. The Hall–Kier alpha value is -3.46. The topological polar surface area (TPSA) is 91.0 Å². The second kappa shape index (κ2) is 8.91. The van der Waals surface area contributed by atoms with Crippen LogP contribution in [0.3, 0.4) is 0 Å². The van der Waals surface area contributed by atoms with Crippen molar-refractivity contribution < 1.29 is 23.5 Å². The number of hydrogen-bond acceptors (Lipinski definition) is 5. The number of rotatable bonds is 6. The molecule has 0 aliphatic carbocycles. The molecule has 0 spiro atoms. The summed E-state index contributed by atoms with van der Waals surface area (Å²) in [4.78, 5) is 36.4. The zero-order valence-corrected chi connectivity index (χ0v) is 16.9. The first-order valence-corrected chi connectivity index (χ1v) is 9.35. The number of benzene rings is 2. The summed E-state index contributed by atoms with van der Waals surface area (Å²) in [5.74, 6) is -0.982. The van der Waals surface area contributed by atoms with E-state index in [0.717, 1.165) is 0 Å². The lowest BCUT2D eigenvalue weighted by Crippen LogP contribution is -2.36. The first kappa shape index (κ1) is 21.3. The highest BCUT2D eigenvalue weighted by atomic mass is 19.1. The molecule has 2 aromatic rings. The Balaban J connectivity index is 1.73. The van der Waals surface area contributed by atoms with Crippen LogP contribution in [0, 0.1) is 5.82 Å². The first-order chi connectivity index (χ1) is 14.2. The molecule has 1 atom stereocenters. The van der Waals surface area contributed by atoms with Gasteiger partial charge in [-0.1, -0.05) is 12.1 Å². The lowest BCUT2D eigenvalue weighted by atomic mass is 10.0. The summed E-state index contributed by atoms with van der Waals surface area (Å²) in [5.41, 5.74) is 4.41. The molecule has 0 saturated carbocycles. The third-order valence-corrected chi connectivity index (χ3v) is 4.50. The summed E-state index contributed by atoms with van der Waals surface area (Å²) in [5, 5.41) is 4.14. The largest absolute Gasteiger partial charge is 0.442 e. The van der Waals surface area contributed by atoms with Crippen LogP contribution < -0.4 is 15.6 Å². The Morgan fingerprint density at radius 1 is 1.20 bits per heavy atom. The summed E-state index contributed by atoms with van der Waals surface area (Å²) in [7, 11) is 3.42. The number of carbonyl (C=O) groups excluding carboxylic acids is 3. The number of halogens is 1. The maximum atomic E-state index is 14.8.